The first-order valence-electron chi connectivity index (χ1n) is 7.52. The molecular weight excluding hydrogens is 385 g/mol. The maximum atomic E-state index is 12.4. The zero-order chi connectivity index (χ0) is 17.1. The van der Waals surface area contributed by atoms with E-state index in [0.29, 0.717) is 23.9 Å². The number of carbonyl (C=O) groups excluding carboxylic acids is 1. The number of anilines is 1. The maximum absolute atomic E-state index is 12.4. The quantitative estimate of drug-likeness (QED) is 0.815. The van der Waals surface area contributed by atoms with Crippen LogP contribution in [-0.4, -0.2) is 46.0 Å². The van der Waals surface area contributed by atoms with Gasteiger partial charge in [0.25, 0.3) is 0 Å². The Bertz CT molecular complexity index is 742. The van der Waals surface area contributed by atoms with Crippen LogP contribution in [0.4, 0.5) is 5.69 Å². The van der Waals surface area contributed by atoms with Crippen LogP contribution in [0.15, 0.2) is 34.6 Å². The summed E-state index contributed by atoms with van der Waals surface area (Å²) in [6, 6.07) is 5.03. The molecular formula is C15H19Cl2N5O2S. The summed E-state index contributed by atoms with van der Waals surface area (Å²) in [5.41, 5.74) is 0.645. The number of ether oxygens (including phenoxy) is 1. The van der Waals surface area contributed by atoms with Gasteiger partial charge in [-0.1, -0.05) is 11.6 Å². The SMILES string of the molecule is C[C@H]1OCCN[C@@H]1C(=O)Nc1ccc(Sc2nncn2C)c(Cl)c1.Cl. The lowest BCUT2D eigenvalue weighted by Gasteiger charge is -2.29. The van der Waals surface area contributed by atoms with Crippen LogP contribution in [-0.2, 0) is 16.6 Å². The lowest BCUT2D eigenvalue weighted by Crippen LogP contribution is -2.53. The highest BCUT2D eigenvalue weighted by Crippen LogP contribution is 2.33. The fraction of sp³-hybridized carbons (Fsp3) is 0.400. The van der Waals surface area contributed by atoms with Gasteiger partial charge >= 0.3 is 0 Å². The van der Waals surface area contributed by atoms with E-state index in [4.69, 9.17) is 16.3 Å². The molecule has 0 radical (unpaired) electrons. The van der Waals surface area contributed by atoms with Crippen LogP contribution in [0.5, 0.6) is 0 Å². The van der Waals surface area contributed by atoms with E-state index in [0.717, 1.165) is 10.1 Å². The molecule has 1 amide bonds. The molecule has 1 aliphatic heterocycles. The minimum Gasteiger partial charge on any atom is -0.375 e. The normalized spacial score (nSPS) is 20.0. The first kappa shape index (κ1) is 20.0. The topological polar surface area (TPSA) is 81.1 Å². The molecule has 0 aliphatic carbocycles. The van der Waals surface area contributed by atoms with Crippen LogP contribution in [0.1, 0.15) is 6.92 Å². The second-order valence-corrected chi connectivity index (χ2v) is 6.88. The number of aromatic nitrogens is 3. The Balaban J connectivity index is 0.00000225. The number of nitrogens with one attached hydrogen (secondary N) is 2. The van der Waals surface area contributed by atoms with Gasteiger partial charge in [-0.3, -0.25) is 4.79 Å². The Morgan fingerprint density at radius 2 is 2.32 bits per heavy atom. The Labute approximate surface area is 161 Å². The standard InChI is InChI=1S/C15H18ClN5O2S.ClH/c1-9-13(17-5-6-23-9)14(22)19-10-3-4-12(11(16)7-10)24-15-20-18-8-21(15)2;/h3-4,7-9,13,17H,5-6H2,1-2H3,(H,19,22);1H/t9-,13+;/m1./s1. The zero-order valence-corrected chi connectivity index (χ0v) is 16.1. The molecule has 1 aliphatic rings. The number of hydrogen-bond acceptors (Lipinski definition) is 6. The number of carbonyl (C=O) groups is 1. The van der Waals surface area contributed by atoms with Crippen LogP contribution in [0.3, 0.4) is 0 Å². The van der Waals surface area contributed by atoms with Gasteiger partial charge in [-0.25, -0.2) is 0 Å². The van der Waals surface area contributed by atoms with E-state index in [1.165, 1.54) is 11.8 Å². The molecule has 3 rings (SSSR count). The minimum absolute atomic E-state index is 0. The van der Waals surface area contributed by atoms with Gasteiger partial charge in [-0.2, -0.15) is 0 Å². The smallest absolute Gasteiger partial charge is 0.244 e. The van der Waals surface area contributed by atoms with Crippen LogP contribution < -0.4 is 10.6 Å². The van der Waals surface area contributed by atoms with Crippen molar-refractivity contribution in [1.29, 1.82) is 0 Å². The average Bonchev–Trinajstić information content (AvgIpc) is 2.95. The van der Waals surface area contributed by atoms with Crippen LogP contribution in [0.25, 0.3) is 0 Å². The van der Waals surface area contributed by atoms with E-state index in [9.17, 15) is 4.79 Å². The highest BCUT2D eigenvalue weighted by Gasteiger charge is 2.28. The molecule has 2 aromatic rings. The molecule has 7 nitrogen and oxygen atoms in total. The number of morpholine rings is 1. The molecule has 0 unspecified atom stereocenters. The van der Waals surface area contributed by atoms with Crippen molar-refractivity contribution < 1.29 is 9.53 Å². The van der Waals surface area contributed by atoms with Crippen molar-refractivity contribution in [2.45, 2.75) is 29.1 Å². The van der Waals surface area contributed by atoms with Gasteiger partial charge in [0, 0.05) is 24.2 Å². The molecule has 25 heavy (non-hydrogen) atoms. The molecule has 1 aromatic heterocycles. The second-order valence-electron chi connectivity index (χ2n) is 5.47. The number of rotatable bonds is 4. The molecule has 10 heteroatoms. The molecule has 0 bridgehead atoms. The van der Waals surface area contributed by atoms with Gasteiger partial charge in [0.1, 0.15) is 12.4 Å². The second kappa shape index (κ2) is 8.86. The van der Waals surface area contributed by atoms with Crippen molar-refractivity contribution in [2.75, 3.05) is 18.5 Å². The van der Waals surface area contributed by atoms with Crippen molar-refractivity contribution in [2.24, 2.45) is 7.05 Å². The first-order chi connectivity index (χ1) is 11.5. The summed E-state index contributed by atoms with van der Waals surface area (Å²) in [6.45, 7) is 3.16. The molecule has 1 aromatic carbocycles. The third kappa shape index (κ3) is 4.86. The highest BCUT2D eigenvalue weighted by atomic mass is 35.5. The number of aryl methyl sites for hydroxylation is 1. The average molecular weight is 404 g/mol. The lowest BCUT2D eigenvalue weighted by molar-refractivity contribution is -0.123. The summed E-state index contributed by atoms with van der Waals surface area (Å²) in [7, 11) is 1.87. The van der Waals surface area contributed by atoms with E-state index in [1.54, 1.807) is 12.4 Å². The molecule has 2 atom stereocenters. The Kier molecular flexibility index (Phi) is 7.09. The number of nitrogens with zero attached hydrogens (tertiary/aromatic N) is 3. The largest absolute Gasteiger partial charge is 0.375 e. The Hall–Kier alpha value is -1.32. The molecule has 0 spiro atoms. The third-order valence-electron chi connectivity index (χ3n) is 3.67. The van der Waals surface area contributed by atoms with Crippen molar-refractivity contribution in [3.63, 3.8) is 0 Å². The van der Waals surface area contributed by atoms with Gasteiger partial charge in [0.15, 0.2) is 5.16 Å². The third-order valence-corrected chi connectivity index (χ3v) is 5.22. The van der Waals surface area contributed by atoms with Crippen molar-refractivity contribution in [3.05, 3.63) is 29.5 Å². The summed E-state index contributed by atoms with van der Waals surface area (Å²) in [5, 5.41) is 15.2. The zero-order valence-electron chi connectivity index (χ0n) is 13.7. The molecule has 2 heterocycles. The summed E-state index contributed by atoms with van der Waals surface area (Å²) in [4.78, 5) is 13.2. The van der Waals surface area contributed by atoms with E-state index in [1.807, 2.05) is 30.7 Å². The monoisotopic (exact) mass is 403 g/mol. The number of benzene rings is 1. The van der Waals surface area contributed by atoms with E-state index in [2.05, 4.69) is 20.8 Å². The van der Waals surface area contributed by atoms with E-state index < -0.39 is 0 Å². The molecule has 1 saturated heterocycles. The Morgan fingerprint density at radius 3 is 2.96 bits per heavy atom. The van der Waals surface area contributed by atoms with Crippen LogP contribution >= 0.6 is 35.8 Å². The van der Waals surface area contributed by atoms with Crippen molar-refractivity contribution in [3.8, 4) is 0 Å². The number of halogens is 2. The summed E-state index contributed by atoms with van der Waals surface area (Å²) < 4.78 is 7.31. The predicted molar refractivity (Wildman–Crippen MR) is 99.7 cm³/mol. The van der Waals surface area contributed by atoms with Gasteiger partial charge < -0.3 is 19.9 Å². The minimum atomic E-state index is -0.370. The molecule has 1 fully saturated rings. The molecule has 136 valence electrons. The molecule has 2 N–H and O–H groups in total. The summed E-state index contributed by atoms with van der Waals surface area (Å²) >= 11 is 7.74. The van der Waals surface area contributed by atoms with Gasteiger partial charge in [-0.15, -0.1) is 22.6 Å². The Morgan fingerprint density at radius 1 is 1.52 bits per heavy atom. The summed E-state index contributed by atoms with van der Waals surface area (Å²) in [6.07, 6.45) is 1.46. The fourth-order valence-electron chi connectivity index (χ4n) is 2.37. The van der Waals surface area contributed by atoms with Crippen LogP contribution in [0, 0.1) is 0 Å². The molecule has 0 saturated carbocycles. The maximum Gasteiger partial charge on any atom is 0.244 e. The van der Waals surface area contributed by atoms with Crippen molar-refractivity contribution in [1.82, 2.24) is 20.1 Å². The summed E-state index contributed by atoms with van der Waals surface area (Å²) in [5.74, 6) is -0.132. The number of hydrogen-bond donors (Lipinski definition) is 2. The van der Waals surface area contributed by atoms with E-state index in [-0.39, 0.29) is 30.5 Å². The van der Waals surface area contributed by atoms with Crippen LogP contribution in [0.2, 0.25) is 5.02 Å². The predicted octanol–water partition coefficient (Wildman–Crippen LogP) is 2.36. The van der Waals surface area contributed by atoms with Gasteiger partial charge in [0.2, 0.25) is 5.91 Å². The van der Waals surface area contributed by atoms with E-state index >= 15 is 0 Å². The van der Waals surface area contributed by atoms with Gasteiger partial charge in [0.05, 0.1) is 17.7 Å². The van der Waals surface area contributed by atoms with Crippen molar-refractivity contribution >= 4 is 47.4 Å². The van der Waals surface area contributed by atoms with Gasteiger partial charge in [-0.05, 0) is 36.9 Å². The number of amides is 1. The lowest BCUT2D eigenvalue weighted by atomic mass is 10.1. The first-order valence-corrected chi connectivity index (χ1v) is 8.71. The highest BCUT2D eigenvalue weighted by molar-refractivity contribution is 7.99. The fourth-order valence-corrected chi connectivity index (χ4v) is 3.44.